The van der Waals surface area contributed by atoms with Crippen molar-refractivity contribution in [3.8, 4) is 5.88 Å². The monoisotopic (exact) mass is 339 g/mol. The Bertz CT molecular complexity index is 883. The number of methoxy groups -OCH3 is 1. The number of hydrogen-bond acceptors (Lipinski definition) is 5. The van der Waals surface area contributed by atoms with E-state index in [2.05, 4.69) is 15.5 Å². The van der Waals surface area contributed by atoms with Crippen molar-refractivity contribution >= 4 is 16.8 Å². The normalized spacial score (nSPS) is 10.8. The van der Waals surface area contributed by atoms with Gasteiger partial charge in [-0.15, -0.1) is 0 Å². The summed E-state index contributed by atoms with van der Waals surface area (Å²) in [6.07, 6.45) is 1.01. The Balaban J connectivity index is 1.67. The molecule has 2 aromatic heterocycles. The molecule has 1 aromatic carbocycles. The van der Waals surface area contributed by atoms with Crippen molar-refractivity contribution < 1.29 is 14.1 Å². The molecule has 3 rings (SSSR count). The van der Waals surface area contributed by atoms with Crippen molar-refractivity contribution in [2.75, 3.05) is 7.11 Å². The van der Waals surface area contributed by atoms with E-state index < -0.39 is 0 Å². The lowest BCUT2D eigenvalue weighted by molar-refractivity contribution is -0.121. The number of carbonyl (C=O) groups excluding carboxylic acids is 1. The Morgan fingerprint density at radius 2 is 2.08 bits per heavy atom. The molecule has 0 saturated heterocycles. The number of aryl methyl sites for hydroxylation is 2. The minimum Gasteiger partial charge on any atom is -0.481 e. The predicted octanol–water partition coefficient (Wildman–Crippen LogP) is 3.10. The number of carbonyl (C=O) groups is 1. The third kappa shape index (κ3) is 3.79. The third-order valence-electron chi connectivity index (χ3n) is 4.25. The molecule has 2 heterocycles. The number of fused-ring (bicyclic) bond motifs is 1. The molecule has 0 aliphatic rings. The van der Waals surface area contributed by atoms with Crippen LogP contribution in [0.3, 0.4) is 0 Å². The maximum absolute atomic E-state index is 12.2. The molecule has 6 heteroatoms. The fourth-order valence-corrected chi connectivity index (χ4v) is 2.85. The number of benzene rings is 1. The molecular formula is C19H21N3O3. The Morgan fingerprint density at radius 3 is 2.80 bits per heavy atom. The molecule has 130 valence electrons. The van der Waals surface area contributed by atoms with Crippen LogP contribution in [0, 0.1) is 13.8 Å². The summed E-state index contributed by atoms with van der Waals surface area (Å²) in [5.41, 5.74) is 3.68. The summed E-state index contributed by atoms with van der Waals surface area (Å²) in [5.74, 6) is 1.30. The van der Waals surface area contributed by atoms with Crippen molar-refractivity contribution in [1.82, 2.24) is 15.5 Å². The van der Waals surface area contributed by atoms with Gasteiger partial charge in [0.05, 0.1) is 18.3 Å². The summed E-state index contributed by atoms with van der Waals surface area (Å²) < 4.78 is 10.4. The van der Waals surface area contributed by atoms with Crippen molar-refractivity contribution in [2.24, 2.45) is 0 Å². The number of hydrogen-bond donors (Lipinski definition) is 1. The highest BCUT2D eigenvalue weighted by molar-refractivity contribution is 5.83. The van der Waals surface area contributed by atoms with Gasteiger partial charge >= 0.3 is 0 Å². The van der Waals surface area contributed by atoms with Crippen LogP contribution in [0.5, 0.6) is 5.88 Å². The first-order chi connectivity index (χ1) is 12.1. The van der Waals surface area contributed by atoms with Crippen LogP contribution in [0.25, 0.3) is 10.9 Å². The lowest BCUT2D eigenvalue weighted by Crippen LogP contribution is -2.23. The van der Waals surface area contributed by atoms with E-state index in [1.165, 1.54) is 0 Å². The smallest absolute Gasteiger partial charge is 0.220 e. The van der Waals surface area contributed by atoms with Crippen molar-refractivity contribution in [3.05, 3.63) is 52.9 Å². The Labute approximate surface area is 146 Å². The van der Waals surface area contributed by atoms with Crippen LogP contribution in [0.2, 0.25) is 0 Å². The zero-order chi connectivity index (χ0) is 17.8. The van der Waals surface area contributed by atoms with Gasteiger partial charge in [-0.25, -0.2) is 4.98 Å². The van der Waals surface area contributed by atoms with Crippen LogP contribution in [-0.2, 0) is 17.8 Å². The van der Waals surface area contributed by atoms with Crippen molar-refractivity contribution in [2.45, 2.75) is 33.2 Å². The molecule has 0 saturated carbocycles. The minimum absolute atomic E-state index is 0.0140. The van der Waals surface area contributed by atoms with E-state index in [1.807, 2.05) is 44.2 Å². The SMILES string of the molecule is COc1cc(CNC(=O)CCc2c(C)noc2C)c2ccccc2n1. The standard InChI is InChI=1S/C19H21N3O3/c1-12-15(13(2)25-22-12)8-9-18(23)20-11-14-10-19(24-3)21-17-7-5-4-6-16(14)17/h4-7,10H,8-9,11H2,1-3H3,(H,20,23). The topological polar surface area (TPSA) is 77.2 Å². The summed E-state index contributed by atoms with van der Waals surface area (Å²) in [6.45, 7) is 4.18. The number of rotatable bonds is 6. The zero-order valence-electron chi connectivity index (χ0n) is 14.6. The third-order valence-corrected chi connectivity index (χ3v) is 4.25. The molecule has 1 N–H and O–H groups in total. The molecule has 6 nitrogen and oxygen atoms in total. The number of aromatic nitrogens is 2. The second-order valence-electron chi connectivity index (χ2n) is 5.92. The first-order valence-corrected chi connectivity index (χ1v) is 8.19. The summed E-state index contributed by atoms with van der Waals surface area (Å²) in [6, 6.07) is 9.67. The largest absolute Gasteiger partial charge is 0.481 e. The van der Waals surface area contributed by atoms with Crippen molar-refractivity contribution in [3.63, 3.8) is 0 Å². The quantitative estimate of drug-likeness (QED) is 0.747. The number of pyridine rings is 1. The predicted molar refractivity (Wildman–Crippen MR) is 94.4 cm³/mol. The van der Waals surface area contributed by atoms with E-state index in [0.717, 1.165) is 33.5 Å². The van der Waals surface area contributed by atoms with Gasteiger partial charge in [-0.05, 0) is 31.9 Å². The Kier molecular flexibility index (Phi) is 4.97. The van der Waals surface area contributed by atoms with Gasteiger partial charge in [0.15, 0.2) is 0 Å². The number of ether oxygens (including phenoxy) is 1. The second kappa shape index (κ2) is 7.34. The van der Waals surface area contributed by atoms with Gasteiger partial charge in [0, 0.05) is 30.0 Å². The van der Waals surface area contributed by atoms with E-state index in [9.17, 15) is 4.79 Å². The Hall–Kier alpha value is -2.89. The van der Waals surface area contributed by atoms with Crippen LogP contribution in [0.1, 0.15) is 29.0 Å². The highest BCUT2D eigenvalue weighted by atomic mass is 16.5. The molecule has 0 atom stereocenters. The average molecular weight is 339 g/mol. The molecule has 0 radical (unpaired) electrons. The van der Waals surface area contributed by atoms with Crippen LogP contribution in [0.15, 0.2) is 34.9 Å². The van der Waals surface area contributed by atoms with Gasteiger partial charge < -0.3 is 14.6 Å². The molecular weight excluding hydrogens is 318 g/mol. The second-order valence-corrected chi connectivity index (χ2v) is 5.92. The highest BCUT2D eigenvalue weighted by Gasteiger charge is 2.12. The maximum Gasteiger partial charge on any atom is 0.220 e. The number of para-hydroxylation sites is 1. The summed E-state index contributed by atoms with van der Waals surface area (Å²) in [4.78, 5) is 16.6. The van der Waals surface area contributed by atoms with Gasteiger partial charge in [-0.3, -0.25) is 4.79 Å². The van der Waals surface area contributed by atoms with E-state index in [-0.39, 0.29) is 5.91 Å². The zero-order valence-corrected chi connectivity index (χ0v) is 14.6. The molecule has 0 aliphatic heterocycles. The van der Waals surface area contributed by atoms with Gasteiger partial charge in [0.25, 0.3) is 0 Å². The number of nitrogens with zero attached hydrogens (tertiary/aromatic N) is 2. The van der Waals surface area contributed by atoms with Crippen LogP contribution in [-0.4, -0.2) is 23.2 Å². The first-order valence-electron chi connectivity index (χ1n) is 8.19. The molecule has 25 heavy (non-hydrogen) atoms. The van der Waals surface area contributed by atoms with E-state index >= 15 is 0 Å². The summed E-state index contributed by atoms with van der Waals surface area (Å²) in [5, 5.41) is 7.89. The van der Waals surface area contributed by atoms with Gasteiger partial charge in [0.2, 0.25) is 11.8 Å². The summed E-state index contributed by atoms with van der Waals surface area (Å²) >= 11 is 0. The van der Waals surface area contributed by atoms with E-state index in [4.69, 9.17) is 9.26 Å². The molecule has 3 aromatic rings. The molecule has 0 fully saturated rings. The van der Waals surface area contributed by atoms with E-state index in [0.29, 0.717) is 25.3 Å². The van der Waals surface area contributed by atoms with Crippen LogP contribution >= 0.6 is 0 Å². The fourth-order valence-electron chi connectivity index (χ4n) is 2.85. The summed E-state index contributed by atoms with van der Waals surface area (Å²) in [7, 11) is 1.59. The van der Waals surface area contributed by atoms with Crippen LogP contribution in [0.4, 0.5) is 0 Å². The molecule has 0 unspecified atom stereocenters. The molecule has 1 amide bonds. The van der Waals surface area contributed by atoms with Gasteiger partial charge in [0.1, 0.15) is 5.76 Å². The number of nitrogens with one attached hydrogen (secondary N) is 1. The fraction of sp³-hybridized carbons (Fsp3) is 0.316. The molecule has 0 aliphatic carbocycles. The first kappa shape index (κ1) is 17.0. The lowest BCUT2D eigenvalue weighted by atomic mass is 10.1. The van der Waals surface area contributed by atoms with Gasteiger partial charge in [-0.1, -0.05) is 23.4 Å². The number of amides is 1. The van der Waals surface area contributed by atoms with Gasteiger partial charge in [-0.2, -0.15) is 0 Å². The maximum atomic E-state index is 12.2. The van der Waals surface area contributed by atoms with Crippen molar-refractivity contribution in [1.29, 1.82) is 0 Å². The average Bonchev–Trinajstić information content (AvgIpc) is 2.95. The highest BCUT2D eigenvalue weighted by Crippen LogP contribution is 2.22. The van der Waals surface area contributed by atoms with Crippen LogP contribution < -0.4 is 10.1 Å². The minimum atomic E-state index is -0.0140. The van der Waals surface area contributed by atoms with E-state index in [1.54, 1.807) is 7.11 Å². The molecule has 0 bridgehead atoms. The lowest BCUT2D eigenvalue weighted by Gasteiger charge is -2.10. The molecule has 0 spiro atoms. The Morgan fingerprint density at radius 1 is 1.28 bits per heavy atom.